The largest absolute Gasteiger partial charge is 0.355 e. The van der Waals surface area contributed by atoms with Crippen molar-refractivity contribution in [2.75, 3.05) is 6.54 Å². The SMILES string of the molecule is O=C(NCCc1ccccc1F)C1(c2ccccc2)CCC1. The highest BCUT2D eigenvalue weighted by molar-refractivity contribution is 5.89. The Balaban J connectivity index is 1.63. The van der Waals surface area contributed by atoms with Gasteiger partial charge >= 0.3 is 0 Å². The highest BCUT2D eigenvalue weighted by atomic mass is 19.1. The molecule has 1 aliphatic rings. The van der Waals surface area contributed by atoms with Gasteiger partial charge in [0.25, 0.3) is 0 Å². The summed E-state index contributed by atoms with van der Waals surface area (Å²) >= 11 is 0. The van der Waals surface area contributed by atoms with Crippen molar-refractivity contribution in [3.8, 4) is 0 Å². The molecule has 3 rings (SSSR count). The van der Waals surface area contributed by atoms with Gasteiger partial charge in [0.2, 0.25) is 5.91 Å². The third-order valence-corrected chi connectivity index (χ3v) is 4.61. The van der Waals surface area contributed by atoms with E-state index in [2.05, 4.69) is 5.32 Å². The Hall–Kier alpha value is -2.16. The second kappa shape index (κ2) is 6.30. The molecule has 0 aromatic heterocycles. The van der Waals surface area contributed by atoms with E-state index in [0.29, 0.717) is 18.5 Å². The molecule has 0 radical (unpaired) electrons. The lowest BCUT2D eigenvalue weighted by molar-refractivity contribution is -0.129. The number of rotatable bonds is 5. The lowest BCUT2D eigenvalue weighted by Crippen LogP contribution is -2.49. The van der Waals surface area contributed by atoms with Crippen LogP contribution < -0.4 is 5.32 Å². The number of halogens is 1. The third-order valence-electron chi connectivity index (χ3n) is 4.61. The van der Waals surface area contributed by atoms with Gasteiger partial charge in [-0.3, -0.25) is 4.79 Å². The van der Waals surface area contributed by atoms with Crippen molar-refractivity contribution in [1.29, 1.82) is 0 Å². The van der Waals surface area contributed by atoms with Crippen LogP contribution in [0.4, 0.5) is 4.39 Å². The van der Waals surface area contributed by atoms with E-state index in [1.165, 1.54) is 6.07 Å². The van der Waals surface area contributed by atoms with Crippen molar-refractivity contribution in [2.24, 2.45) is 0 Å². The first-order valence-corrected chi connectivity index (χ1v) is 7.80. The summed E-state index contributed by atoms with van der Waals surface area (Å²) in [4.78, 5) is 12.6. The van der Waals surface area contributed by atoms with Gasteiger partial charge in [-0.25, -0.2) is 4.39 Å². The molecule has 1 fully saturated rings. The maximum atomic E-state index is 13.6. The standard InChI is InChI=1S/C19H20FNO/c20-17-10-5-4-7-15(17)11-14-21-18(22)19(12-6-13-19)16-8-2-1-3-9-16/h1-5,7-10H,6,11-14H2,(H,21,22). The monoisotopic (exact) mass is 297 g/mol. The van der Waals surface area contributed by atoms with Gasteiger partial charge in [0.1, 0.15) is 5.82 Å². The molecule has 3 heteroatoms. The van der Waals surface area contributed by atoms with Crippen molar-refractivity contribution in [3.05, 3.63) is 71.5 Å². The molecule has 0 bridgehead atoms. The first-order chi connectivity index (χ1) is 10.7. The van der Waals surface area contributed by atoms with Crippen LogP contribution in [0.1, 0.15) is 30.4 Å². The van der Waals surface area contributed by atoms with Crippen LogP contribution in [0.2, 0.25) is 0 Å². The molecular weight excluding hydrogens is 277 g/mol. The first kappa shape index (κ1) is 14.8. The summed E-state index contributed by atoms with van der Waals surface area (Å²) in [7, 11) is 0. The number of nitrogens with one attached hydrogen (secondary N) is 1. The fourth-order valence-electron chi connectivity index (χ4n) is 3.12. The van der Waals surface area contributed by atoms with Crippen LogP contribution in [0, 0.1) is 5.82 Å². The molecular formula is C19H20FNO. The minimum atomic E-state index is -0.378. The molecule has 0 saturated heterocycles. The minimum absolute atomic E-state index is 0.0706. The Kier molecular flexibility index (Phi) is 4.23. The molecule has 0 unspecified atom stereocenters. The second-order valence-electron chi connectivity index (χ2n) is 5.90. The average molecular weight is 297 g/mol. The van der Waals surface area contributed by atoms with Crippen molar-refractivity contribution in [2.45, 2.75) is 31.1 Å². The molecule has 1 aliphatic carbocycles. The highest BCUT2D eigenvalue weighted by Gasteiger charge is 2.45. The number of benzene rings is 2. The van der Waals surface area contributed by atoms with Crippen LogP contribution in [0.5, 0.6) is 0 Å². The average Bonchev–Trinajstić information content (AvgIpc) is 2.49. The van der Waals surface area contributed by atoms with E-state index < -0.39 is 0 Å². The van der Waals surface area contributed by atoms with Crippen molar-refractivity contribution >= 4 is 5.91 Å². The zero-order chi connectivity index (χ0) is 15.4. The van der Waals surface area contributed by atoms with Crippen LogP contribution in [0.3, 0.4) is 0 Å². The maximum Gasteiger partial charge on any atom is 0.230 e. The molecule has 0 spiro atoms. The topological polar surface area (TPSA) is 29.1 Å². The van der Waals surface area contributed by atoms with Gasteiger partial charge in [-0.05, 0) is 36.5 Å². The van der Waals surface area contributed by atoms with E-state index in [1.54, 1.807) is 12.1 Å². The Morgan fingerprint density at radius 3 is 2.36 bits per heavy atom. The molecule has 1 N–H and O–H groups in total. The van der Waals surface area contributed by atoms with Crippen molar-refractivity contribution in [1.82, 2.24) is 5.32 Å². The fourth-order valence-corrected chi connectivity index (χ4v) is 3.12. The van der Waals surface area contributed by atoms with Gasteiger partial charge in [-0.1, -0.05) is 55.0 Å². The molecule has 1 saturated carbocycles. The van der Waals surface area contributed by atoms with Gasteiger partial charge in [0, 0.05) is 6.54 Å². The van der Waals surface area contributed by atoms with E-state index in [9.17, 15) is 9.18 Å². The van der Waals surface area contributed by atoms with Gasteiger partial charge in [0.05, 0.1) is 5.41 Å². The maximum absolute atomic E-state index is 13.6. The summed E-state index contributed by atoms with van der Waals surface area (Å²) in [6.07, 6.45) is 3.38. The van der Waals surface area contributed by atoms with Crippen molar-refractivity contribution < 1.29 is 9.18 Å². The molecule has 2 nitrogen and oxygen atoms in total. The van der Waals surface area contributed by atoms with Gasteiger partial charge in [0.15, 0.2) is 0 Å². The predicted molar refractivity (Wildman–Crippen MR) is 85.1 cm³/mol. The second-order valence-corrected chi connectivity index (χ2v) is 5.90. The summed E-state index contributed by atoms with van der Waals surface area (Å²) in [5, 5.41) is 2.99. The van der Waals surface area contributed by atoms with Crippen LogP contribution in [0.15, 0.2) is 54.6 Å². The fraction of sp³-hybridized carbons (Fsp3) is 0.316. The number of hydrogen-bond acceptors (Lipinski definition) is 1. The van der Waals surface area contributed by atoms with E-state index in [4.69, 9.17) is 0 Å². The Bertz CT molecular complexity index is 649. The smallest absolute Gasteiger partial charge is 0.230 e. The third kappa shape index (κ3) is 2.76. The Labute approximate surface area is 130 Å². The molecule has 1 amide bonds. The first-order valence-electron chi connectivity index (χ1n) is 7.80. The predicted octanol–water partition coefficient (Wildman–Crippen LogP) is 3.61. The lowest BCUT2D eigenvalue weighted by Gasteiger charge is -2.40. The Morgan fingerprint density at radius 2 is 1.73 bits per heavy atom. The number of carbonyl (C=O) groups excluding carboxylic acids is 1. The lowest BCUT2D eigenvalue weighted by atomic mass is 9.64. The number of hydrogen-bond donors (Lipinski definition) is 1. The summed E-state index contributed by atoms with van der Waals surface area (Å²) in [6, 6.07) is 16.7. The van der Waals surface area contributed by atoms with E-state index in [1.807, 2.05) is 36.4 Å². The van der Waals surface area contributed by atoms with Crippen LogP contribution in [0.25, 0.3) is 0 Å². The summed E-state index contributed by atoms with van der Waals surface area (Å²) in [6.45, 7) is 0.467. The highest BCUT2D eigenvalue weighted by Crippen LogP contribution is 2.43. The quantitative estimate of drug-likeness (QED) is 0.897. The molecule has 2 aromatic carbocycles. The molecule has 22 heavy (non-hydrogen) atoms. The summed E-state index contributed by atoms with van der Waals surface area (Å²) < 4.78 is 13.6. The number of carbonyl (C=O) groups is 1. The Morgan fingerprint density at radius 1 is 1.05 bits per heavy atom. The summed E-state index contributed by atoms with van der Waals surface area (Å²) in [5.74, 6) is -0.139. The zero-order valence-electron chi connectivity index (χ0n) is 12.5. The molecule has 0 aliphatic heterocycles. The molecule has 0 heterocycles. The van der Waals surface area contributed by atoms with Gasteiger partial charge < -0.3 is 5.32 Å². The van der Waals surface area contributed by atoms with E-state index in [0.717, 1.165) is 24.8 Å². The van der Waals surface area contributed by atoms with Crippen LogP contribution in [-0.2, 0) is 16.6 Å². The zero-order valence-corrected chi connectivity index (χ0v) is 12.5. The van der Waals surface area contributed by atoms with Gasteiger partial charge in [-0.2, -0.15) is 0 Å². The van der Waals surface area contributed by atoms with Crippen molar-refractivity contribution in [3.63, 3.8) is 0 Å². The minimum Gasteiger partial charge on any atom is -0.355 e. The summed E-state index contributed by atoms with van der Waals surface area (Å²) in [5.41, 5.74) is 1.35. The number of amides is 1. The van der Waals surface area contributed by atoms with E-state index >= 15 is 0 Å². The molecule has 114 valence electrons. The normalized spacial score (nSPS) is 15.9. The molecule has 2 aromatic rings. The molecule has 0 atom stereocenters. The van der Waals surface area contributed by atoms with E-state index in [-0.39, 0.29) is 17.1 Å². The van der Waals surface area contributed by atoms with Gasteiger partial charge in [-0.15, -0.1) is 0 Å². The van der Waals surface area contributed by atoms with Crippen LogP contribution in [-0.4, -0.2) is 12.5 Å². The van der Waals surface area contributed by atoms with Crippen LogP contribution >= 0.6 is 0 Å².